The number of hydrogen-bond acceptors (Lipinski definition) is 1. The minimum Gasteiger partial charge on any atom is -0.325 e. The molecule has 2 rings (SSSR count). The maximum atomic E-state index is 12.7. The van der Waals surface area contributed by atoms with Crippen LogP contribution >= 0.6 is 0 Å². The summed E-state index contributed by atoms with van der Waals surface area (Å²) in [4.78, 5) is 13.3. The van der Waals surface area contributed by atoms with Crippen LogP contribution in [0.5, 0.6) is 0 Å². The van der Waals surface area contributed by atoms with Crippen LogP contribution in [0.25, 0.3) is 0 Å². The van der Waals surface area contributed by atoms with Crippen molar-refractivity contribution in [2.45, 2.75) is 50.2 Å². The van der Waals surface area contributed by atoms with Gasteiger partial charge in [0, 0.05) is 13.1 Å². The third-order valence-electron chi connectivity index (χ3n) is 3.53. The molecule has 0 radical (unpaired) electrons. The largest absolute Gasteiger partial charge is 0.411 e. The molecule has 0 aromatic carbocycles. The zero-order valence-electron chi connectivity index (χ0n) is 9.65. The number of carbonyl (C=O) groups is 1. The third kappa shape index (κ3) is 2.66. The van der Waals surface area contributed by atoms with Gasteiger partial charge in [0.2, 0.25) is 0 Å². The van der Waals surface area contributed by atoms with Crippen LogP contribution in [0.3, 0.4) is 0 Å². The fraction of sp³-hybridized carbons (Fsp3) is 0.909. The lowest BCUT2D eigenvalue weighted by Gasteiger charge is -2.26. The molecule has 0 aromatic heterocycles. The molecule has 0 bridgehead atoms. The smallest absolute Gasteiger partial charge is 0.325 e. The van der Waals surface area contributed by atoms with E-state index in [0.29, 0.717) is 13.1 Å². The first kappa shape index (κ1) is 12.5. The van der Waals surface area contributed by atoms with Crippen LogP contribution < -0.4 is 5.32 Å². The molecule has 98 valence electrons. The molecule has 0 aromatic rings. The summed E-state index contributed by atoms with van der Waals surface area (Å²) < 4.78 is 38.0. The fourth-order valence-corrected chi connectivity index (χ4v) is 2.16. The van der Waals surface area contributed by atoms with Crippen LogP contribution in [0.15, 0.2) is 0 Å². The summed E-state index contributed by atoms with van der Waals surface area (Å²) in [5.41, 5.74) is -1.93. The maximum Gasteiger partial charge on any atom is 0.411 e. The quantitative estimate of drug-likeness (QED) is 0.762. The van der Waals surface area contributed by atoms with E-state index in [-0.39, 0.29) is 12.8 Å². The predicted molar refractivity (Wildman–Crippen MR) is 56.6 cm³/mol. The van der Waals surface area contributed by atoms with Gasteiger partial charge in [-0.1, -0.05) is 12.8 Å². The van der Waals surface area contributed by atoms with Crippen LogP contribution in [-0.4, -0.2) is 35.7 Å². The van der Waals surface area contributed by atoms with Gasteiger partial charge in [0.1, 0.15) is 5.54 Å². The molecule has 3 nitrogen and oxygen atoms in total. The molecule has 0 atom stereocenters. The highest BCUT2D eigenvalue weighted by Gasteiger charge is 2.64. The maximum absolute atomic E-state index is 12.7. The Morgan fingerprint density at radius 1 is 1.06 bits per heavy atom. The van der Waals surface area contributed by atoms with Crippen molar-refractivity contribution in [2.75, 3.05) is 13.1 Å². The standard InChI is InChI=1S/C11H17F3N2O/c12-11(13,14)10(5-6-10)15-9(17)16-7-3-1-2-4-8-16/h1-8H2,(H,15,17). The normalized spacial score (nSPS) is 24.1. The van der Waals surface area contributed by atoms with Crippen molar-refractivity contribution in [3.05, 3.63) is 0 Å². The highest BCUT2D eigenvalue weighted by molar-refractivity contribution is 5.75. The second-order valence-corrected chi connectivity index (χ2v) is 4.91. The molecule has 1 aliphatic carbocycles. The SMILES string of the molecule is O=C(NC1(C(F)(F)F)CC1)N1CCCCCC1. The number of rotatable bonds is 1. The Morgan fingerprint density at radius 3 is 2.00 bits per heavy atom. The van der Waals surface area contributed by atoms with E-state index in [1.54, 1.807) is 0 Å². The van der Waals surface area contributed by atoms with E-state index < -0.39 is 17.7 Å². The molecular weight excluding hydrogens is 233 g/mol. The molecule has 1 aliphatic heterocycles. The molecule has 0 unspecified atom stereocenters. The average Bonchev–Trinajstić information content (AvgIpc) is 2.98. The van der Waals surface area contributed by atoms with E-state index in [2.05, 4.69) is 5.32 Å². The van der Waals surface area contributed by atoms with Gasteiger partial charge >= 0.3 is 12.2 Å². The summed E-state index contributed by atoms with van der Waals surface area (Å²) in [5, 5.41) is 2.17. The number of urea groups is 1. The zero-order valence-corrected chi connectivity index (χ0v) is 9.65. The lowest BCUT2D eigenvalue weighted by Crippen LogP contribution is -2.52. The summed E-state index contributed by atoms with van der Waals surface area (Å²) in [7, 11) is 0. The molecule has 1 saturated heterocycles. The molecular formula is C11H17F3N2O. The van der Waals surface area contributed by atoms with Crippen LogP contribution in [0.2, 0.25) is 0 Å². The zero-order chi connectivity index (χ0) is 12.5. The predicted octanol–water partition coefficient (Wildman–Crippen LogP) is 2.67. The highest BCUT2D eigenvalue weighted by Crippen LogP contribution is 2.48. The van der Waals surface area contributed by atoms with Gasteiger partial charge in [-0.05, 0) is 25.7 Å². The molecule has 1 heterocycles. The van der Waals surface area contributed by atoms with Gasteiger partial charge in [-0.2, -0.15) is 13.2 Å². The third-order valence-corrected chi connectivity index (χ3v) is 3.53. The van der Waals surface area contributed by atoms with Crippen molar-refractivity contribution in [1.29, 1.82) is 0 Å². The molecule has 6 heteroatoms. The van der Waals surface area contributed by atoms with Crippen molar-refractivity contribution in [3.8, 4) is 0 Å². The first-order chi connectivity index (χ1) is 7.95. The van der Waals surface area contributed by atoms with E-state index in [0.717, 1.165) is 25.7 Å². The highest BCUT2D eigenvalue weighted by atomic mass is 19.4. The summed E-state index contributed by atoms with van der Waals surface area (Å²) in [6.07, 6.45) is -0.443. The number of halogens is 3. The van der Waals surface area contributed by atoms with Crippen molar-refractivity contribution >= 4 is 6.03 Å². The van der Waals surface area contributed by atoms with Gasteiger partial charge in [0.15, 0.2) is 0 Å². The fourth-order valence-electron chi connectivity index (χ4n) is 2.16. The van der Waals surface area contributed by atoms with Gasteiger partial charge in [0.25, 0.3) is 0 Å². The molecule has 2 amide bonds. The van der Waals surface area contributed by atoms with E-state index in [1.165, 1.54) is 4.90 Å². The molecule has 2 fully saturated rings. The summed E-state index contributed by atoms with van der Waals surface area (Å²) >= 11 is 0. The first-order valence-corrected chi connectivity index (χ1v) is 6.08. The second kappa shape index (κ2) is 4.38. The number of nitrogens with zero attached hydrogens (tertiary/aromatic N) is 1. The average molecular weight is 250 g/mol. The molecule has 2 aliphatic rings. The summed E-state index contributed by atoms with van der Waals surface area (Å²) in [6, 6.07) is -0.554. The Balaban J connectivity index is 1.92. The van der Waals surface area contributed by atoms with Crippen LogP contribution in [0, 0.1) is 0 Å². The van der Waals surface area contributed by atoms with Crippen molar-refractivity contribution in [1.82, 2.24) is 10.2 Å². The molecule has 1 saturated carbocycles. The first-order valence-electron chi connectivity index (χ1n) is 6.08. The Morgan fingerprint density at radius 2 is 1.59 bits per heavy atom. The summed E-state index contributed by atoms with van der Waals surface area (Å²) in [6.45, 7) is 1.14. The minimum absolute atomic E-state index is 0.0100. The van der Waals surface area contributed by atoms with E-state index in [9.17, 15) is 18.0 Å². The number of amides is 2. The van der Waals surface area contributed by atoms with Crippen molar-refractivity contribution < 1.29 is 18.0 Å². The lowest BCUT2D eigenvalue weighted by atomic mass is 10.2. The van der Waals surface area contributed by atoms with E-state index in [4.69, 9.17) is 0 Å². The van der Waals surface area contributed by atoms with Gasteiger partial charge < -0.3 is 10.2 Å². The van der Waals surface area contributed by atoms with Crippen LogP contribution in [0.4, 0.5) is 18.0 Å². The van der Waals surface area contributed by atoms with Gasteiger partial charge in [-0.15, -0.1) is 0 Å². The minimum atomic E-state index is -4.32. The Kier molecular flexibility index (Phi) is 3.23. The number of hydrogen-bond donors (Lipinski definition) is 1. The second-order valence-electron chi connectivity index (χ2n) is 4.91. The van der Waals surface area contributed by atoms with E-state index >= 15 is 0 Å². The Hall–Kier alpha value is -0.940. The monoisotopic (exact) mass is 250 g/mol. The van der Waals surface area contributed by atoms with E-state index in [1.807, 2.05) is 0 Å². The van der Waals surface area contributed by atoms with Crippen molar-refractivity contribution in [3.63, 3.8) is 0 Å². The number of likely N-dealkylation sites (tertiary alicyclic amines) is 1. The van der Waals surface area contributed by atoms with Gasteiger partial charge in [0.05, 0.1) is 0 Å². The number of carbonyl (C=O) groups excluding carboxylic acids is 1. The summed E-state index contributed by atoms with van der Waals surface area (Å²) in [5.74, 6) is 0. The number of alkyl halides is 3. The molecule has 1 N–H and O–H groups in total. The van der Waals surface area contributed by atoms with Gasteiger partial charge in [-0.25, -0.2) is 4.79 Å². The van der Waals surface area contributed by atoms with Crippen LogP contribution in [-0.2, 0) is 0 Å². The van der Waals surface area contributed by atoms with Crippen molar-refractivity contribution in [2.24, 2.45) is 0 Å². The van der Waals surface area contributed by atoms with Gasteiger partial charge in [-0.3, -0.25) is 0 Å². The topological polar surface area (TPSA) is 32.3 Å². The Labute approximate surface area is 98.3 Å². The molecule has 0 spiro atoms. The molecule has 17 heavy (non-hydrogen) atoms. The van der Waals surface area contributed by atoms with Crippen LogP contribution in [0.1, 0.15) is 38.5 Å². The lowest BCUT2D eigenvalue weighted by molar-refractivity contribution is -0.163. The number of nitrogens with one attached hydrogen (secondary N) is 1. The Bertz CT molecular complexity index is 292.